The number of ether oxygens (including phenoxy) is 2. The van der Waals surface area contributed by atoms with Crippen molar-refractivity contribution in [3.8, 4) is 5.75 Å². The molecule has 1 aliphatic heterocycles. The van der Waals surface area contributed by atoms with Crippen LogP contribution in [-0.2, 0) is 4.74 Å². The van der Waals surface area contributed by atoms with Crippen LogP contribution in [0.4, 0.5) is 0 Å². The first-order chi connectivity index (χ1) is 9.35. The molecule has 2 unspecified atom stereocenters. The fourth-order valence-electron chi connectivity index (χ4n) is 2.54. The molecule has 0 radical (unpaired) electrons. The van der Waals surface area contributed by atoms with E-state index in [1.165, 1.54) is 5.56 Å². The minimum Gasteiger partial charge on any atom is -0.494 e. The Labute approximate surface area is 116 Å². The molecule has 0 aromatic heterocycles. The number of hydrogen-bond acceptors (Lipinski definition) is 3. The molecule has 1 saturated heterocycles. The number of hydrogen-bond donors (Lipinski definition) is 1. The van der Waals surface area contributed by atoms with Crippen LogP contribution in [-0.4, -0.2) is 26.3 Å². The normalized spacial score (nSPS) is 22.6. The average molecular weight is 263 g/mol. The summed E-state index contributed by atoms with van der Waals surface area (Å²) in [5.74, 6) is 1.53. The summed E-state index contributed by atoms with van der Waals surface area (Å²) in [5, 5.41) is 3.43. The number of benzene rings is 1. The molecule has 106 valence electrons. The zero-order valence-electron chi connectivity index (χ0n) is 12.0. The Kier molecular flexibility index (Phi) is 5.67. The van der Waals surface area contributed by atoms with Gasteiger partial charge in [-0.15, -0.1) is 0 Å². The third kappa shape index (κ3) is 3.95. The average Bonchev–Trinajstić information content (AvgIpc) is 2.91. The molecule has 0 aliphatic carbocycles. The molecule has 2 atom stereocenters. The van der Waals surface area contributed by atoms with Gasteiger partial charge in [-0.25, -0.2) is 0 Å². The largest absolute Gasteiger partial charge is 0.494 e. The molecule has 0 amide bonds. The van der Waals surface area contributed by atoms with Crippen LogP contribution in [0.1, 0.15) is 38.4 Å². The van der Waals surface area contributed by atoms with E-state index in [-0.39, 0.29) is 6.10 Å². The summed E-state index contributed by atoms with van der Waals surface area (Å²) in [4.78, 5) is 0. The first kappa shape index (κ1) is 14.4. The third-order valence-corrected chi connectivity index (χ3v) is 3.53. The topological polar surface area (TPSA) is 30.5 Å². The predicted molar refractivity (Wildman–Crippen MR) is 77.6 cm³/mol. The molecule has 2 rings (SSSR count). The van der Waals surface area contributed by atoms with Crippen molar-refractivity contribution in [2.75, 3.05) is 26.3 Å². The van der Waals surface area contributed by atoms with Gasteiger partial charge in [0, 0.05) is 19.1 Å². The van der Waals surface area contributed by atoms with Crippen molar-refractivity contribution >= 4 is 0 Å². The molecule has 3 nitrogen and oxygen atoms in total. The second-order valence-electron chi connectivity index (χ2n) is 5.07. The van der Waals surface area contributed by atoms with Gasteiger partial charge in [0.2, 0.25) is 0 Å². The van der Waals surface area contributed by atoms with Crippen molar-refractivity contribution in [1.82, 2.24) is 5.32 Å². The van der Waals surface area contributed by atoms with Crippen molar-refractivity contribution in [3.05, 3.63) is 29.8 Å². The van der Waals surface area contributed by atoms with Gasteiger partial charge in [0.25, 0.3) is 0 Å². The van der Waals surface area contributed by atoms with Crippen LogP contribution in [0.25, 0.3) is 0 Å². The van der Waals surface area contributed by atoms with Crippen molar-refractivity contribution in [3.63, 3.8) is 0 Å². The Bertz CT molecular complexity index is 381. The molecular formula is C16H25NO2. The summed E-state index contributed by atoms with van der Waals surface area (Å²) in [5.41, 5.74) is 1.24. The highest BCUT2D eigenvalue weighted by molar-refractivity contribution is 5.30. The van der Waals surface area contributed by atoms with Crippen LogP contribution < -0.4 is 10.1 Å². The van der Waals surface area contributed by atoms with Crippen LogP contribution in [0, 0.1) is 5.92 Å². The van der Waals surface area contributed by atoms with Crippen LogP contribution in [0.15, 0.2) is 24.3 Å². The number of rotatable bonds is 7. The van der Waals surface area contributed by atoms with Crippen LogP contribution >= 0.6 is 0 Å². The predicted octanol–water partition coefficient (Wildman–Crippen LogP) is 3.16. The summed E-state index contributed by atoms with van der Waals surface area (Å²) in [7, 11) is 0. The van der Waals surface area contributed by atoms with Crippen molar-refractivity contribution < 1.29 is 9.47 Å². The van der Waals surface area contributed by atoms with Crippen molar-refractivity contribution in [2.45, 2.75) is 32.8 Å². The Morgan fingerprint density at radius 1 is 1.37 bits per heavy atom. The Morgan fingerprint density at radius 3 is 3.05 bits per heavy atom. The summed E-state index contributed by atoms with van der Waals surface area (Å²) >= 11 is 0. The van der Waals surface area contributed by atoms with E-state index < -0.39 is 0 Å². The molecule has 3 heteroatoms. The Morgan fingerprint density at radius 2 is 2.26 bits per heavy atom. The molecule has 1 aliphatic rings. The molecule has 1 heterocycles. The SMILES string of the molecule is CCCOc1cccc(C2OCCC2CNCC)c1. The van der Waals surface area contributed by atoms with E-state index in [2.05, 4.69) is 37.4 Å². The molecule has 1 aromatic carbocycles. The van der Waals surface area contributed by atoms with E-state index in [0.29, 0.717) is 5.92 Å². The molecule has 0 spiro atoms. The summed E-state index contributed by atoms with van der Waals surface area (Å²) in [6, 6.07) is 8.36. The maximum atomic E-state index is 5.91. The minimum atomic E-state index is 0.212. The molecule has 0 saturated carbocycles. The monoisotopic (exact) mass is 263 g/mol. The molecule has 1 fully saturated rings. The second kappa shape index (κ2) is 7.51. The molecule has 1 aromatic rings. The van der Waals surface area contributed by atoms with E-state index >= 15 is 0 Å². The Balaban J connectivity index is 2.03. The lowest BCUT2D eigenvalue weighted by Crippen LogP contribution is -2.24. The van der Waals surface area contributed by atoms with Crippen LogP contribution in [0.3, 0.4) is 0 Å². The van der Waals surface area contributed by atoms with E-state index in [1.54, 1.807) is 0 Å². The molecule has 1 N–H and O–H groups in total. The number of nitrogens with one attached hydrogen (secondary N) is 1. The van der Waals surface area contributed by atoms with Crippen LogP contribution in [0.2, 0.25) is 0 Å². The van der Waals surface area contributed by atoms with Crippen molar-refractivity contribution in [2.24, 2.45) is 5.92 Å². The summed E-state index contributed by atoms with van der Waals surface area (Å²) in [6.07, 6.45) is 2.38. The fourth-order valence-corrected chi connectivity index (χ4v) is 2.54. The van der Waals surface area contributed by atoms with Gasteiger partial charge < -0.3 is 14.8 Å². The maximum absolute atomic E-state index is 5.91. The lowest BCUT2D eigenvalue weighted by molar-refractivity contribution is 0.0904. The molecule has 0 bridgehead atoms. The van der Waals surface area contributed by atoms with Gasteiger partial charge in [-0.05, 0) is 37.1 Å². The zero-order chi connectivity index (χ0) is 13.5. The highest BCUT2D eigenvalue weighted by Gasteiger charge is 2.29. The van der Waals surface area contributed by atoms with E-state index in [9.17, 15) is 0 Å². The van der Waals surface area contributed by atoms with Gasteiger partial charge in [-0.3, -0.25) is 0 Å². The lowest BCUT2D eigenvalue weighted by atomic mass is 9.95. The molecular weight excluding hydrogens is 238 g/mol. The van der Waals surface area contributed by atoms with Gasteiger partial charge in [0.15, 0.2) is 0 Å². The highest BCUT2D eigenvalue weighted by atomic mass is 16.5. The third-order valence-electron chi connectivity index (χ3n) is 3.53. The smallest absolute Gasteiger partial charge is 0.119 e. The first-order valence-corrected chi connectivity index (χ1v) is 7.40. The highest BCUT2D eigenvalue weighted by Crippen LogP contribution is 2.35. The van der Waals surface area contributed by atoms with Crippen LogP contribution in [0.5, 0.6) is 5.75 Å². The van der Waals surface area contributed by atoms with E-state index in [1.807, 2.05) is 6.07 Å². The first-order valence-electron chi connectivity index (χ1n) is 7.40. The Hall–Kier alpha value is -1.06. The summed E-state index contributed by atoms with van der Waals surface area (Å²) < 4.78 is 11.6. The van der Waals surface area contributed by atoms with Crippen molar-refractivity contribution in [1.29, 1.82) is 0 Å². The zero-order valence-corrected chi connectivity index (χ0v) is 12.0. The van der Waals surface area contributed by atoms with Gasteiger partial charge in [0.1, 0.15) is 5.75 Å². The standard InChI is InChI=1S/C16H25NO2/c1-3-9-18-15-7-5-6-13(11-15)16-14(8-10-19-16)12-17-4-2/h5-7,11,14,16-17H,3-4,8-10,12H2,1-2H3. The van der Waals surface area contributed by atoms with E-state index in [4.69, 9.17) is 9.47 Å². The van der Waals surface area contributed by atoms with Gasteiger partial charge in [-0.2, -0.15) is 0 Å². The van der Waals surface area contributed by atoms with Gasteiger partial charge in [-0.1, -0.05) is 26.0 Å². The fraction of sp³-hybridized carbons (Fsp3) is 0.625. The quantitative estimate of drug-likeness (QED) is 0.819. The van der Waals surface area contributed by atoms with Gasteiger partial charge in [0.05, 0.1) is 12.7 Å². The van der Waals surface area contributed by atoms with E-state index in [0.717, 1.165) is 44.9 Å². The summed E-state index contributed by atoms with van der Waals surface area (Å²) in [6.45, 7) is 7.95. The maximum Gasteiger partial charge on any atom is 0.119 e. The molecule has 19 heavy (non-hydrogen) atoms. The lowest BCUT2D eigenvalue weighted by Gasteiger charge is -2.19. The second-order valence-corrected chi connectivity index (χ2v) is 5.07. The van der Waals surface area contributed by atoms with Gasteiger partial charge >= 0.3 is 0 Å². The minimum absolute atomic E-state index is 0.212.